The quantitative estimate of drug-likeness (QED) is 0.922. The first-order valence-electron chi connectivity index (χ1n) is 6.97. The molecule has 5 nitrogen and oxygen atoms in total. The molecule has 0 saturated heterocycles. The fourth-order valence-electron chi connectivity index (χ4n) is 2.49. The molecule has 1 aliphatic rings. The molecule has 6 heteroatoms. The summed E-state index contributed by atoms with van der Waals surface area (Å²) in [5, 5.41) is 8.45. The molecule has 1 N–H and O–H groups in total. The van der Waals surface area contributed by atoms with Gasteiger partial charge in [0.2, 0.25) is 6.79 Å². The van der Waals surface area contributed by atoms with Gasteiger partial charge in [-0.1, -0.05) is 18.5 Å². The van der Waals surface area contributed by atoms with Crippen LogP contribution in [0.4, 0.5) is 0 Å². The van der Waals surface area contributed by atoms with Crippen LogP contribution in [0.25, 0.3) is 0 Å². The molecule has 1 aromatic heterocycles. The zero-order valence-electron chi connectivity index (χ0n) is 12.1. The molecule has 0 amide bonds. The molecule has 0 aliphatic carbocycles. The number of halogens is 1. The number of hydrogen-bond donors (Lipinski definition) is 1. The molecule has 0 saturated carbocycles. The summed E-state index contributed by atoms with van der Waals surface area (Å²) in [5.74, 6) is 1.36. The molecular formula is C15H18ClN3O2. The van der Waals surface area contributed by atoms with Gasteiger partial charge in [0.15, 0.2) is 11.5 Å². The predicted octanol–water partition coefficient (Wildman–Crippen LogP) is 2.65. The summed E-state index contributed by atoms with van der Waals surface area (Å²) in [4.78, 5) is 0. The predicted molar refractivity (Wildman–Crippen MR) is 80.7 cm³/mol. The molecule has 0 unspecified atom stereocenters. The molecule has 2 aromatic rings. The molecule has 0 bridgehead atoms. The van der Waals surface area contributed by atoms with Crippen LogP contribution in [0, 0.1) is 0 Å². The molecule has 2 heterocycles. The Labute approximate surface area is 128 Å². The topological polar surface area (TPSA) is 48.3 Å². The van der Waals surface area contributed by atoms with Gasteiger partial charge in [-0.2, -0.15) is 5.10 Å². The van der Waals surface area contributed by atoms with Crippen molar-refractivity contribution in [2.75, 3.05) is 6.79 Å². The maximum absolute atomic E-state index is 6.18. The number of rotatable bonds is 5. The number of ether oxygens (including phenoxy) is 2. The molecule has 0 atom stereocenters. The van der Waals surface area contributed by atoms with Crippen molar-refractivity contribution in [2.24, 2.45) is 7.05 Å². The molecule has 3 rings (SSSR count). The zero-order valence-corrected chi connectivity index (χ0v) is 12.9. The lowest BCUT2D eigenvalue weighted by Gasteiger charge is -2.07. The van der Waals surface area contributed by atoms with Crippen LogP contribution in [0.3, 0.4) is 0 Å². The molecule has 0 radical (unpaired) electrons. The van der Waals surface area contributed by atoms with Gasteiger partial charge in [-0.05, 0) is 24.1 Å². The lowest BCUT2D eigenvalue weighted by atomic mass is 10.2. The summed E-state index contributed by atoms with van der Waals surface area (Å²) in [7, 11) is 1.94. The minimum Gasteiger partial charge on any atom is -0.454 e. The van der Waals surface area contributed by atoms with Gasteiger partial charge in [-0.15, -0.1) is 0 Å². The highest BCUT2D eigenvalue weighted by molar-refractivity contribution is 6.32. The van der Waals surface area contributed by atoms with E-state index in [1.807, 2.05) is 23.9 Å². The van der Waals surface area contributed by atoms with Crippen LogP contribution in [0.1, 0.15) is 23.7 Å². The van der Waals surface area contributed by atoms with E-state index in [0.29, 0.717) is 17.3 Å². The van der Waals surface area contributed by atoms with Gasteiger partial charge >= 0.3 is 0 Å². The standard InChI is InChI=1S/C15H18ClN3O2/c1-3-13-11(8-19(2)18-13)7-17-6-10-4-12(16)15-14(5-10)20-9-21-15/h4-5,8,17H,3,6-7,9H2,1-2H3. The Bertz CT molecular complexity index is 655. The smallest absolute Gasteiger partial charge is 0.231 e. The highest BCUT2D eigenvalue weighted by Gasteiger charge is 2.18. The van der Waals surface area contributed by atoms with E-state index in [2.05, 4.69) is 23.5 Å². The second kappa shape index (κ2) is 5.95. The molecule has 112 valence electrons. The van der Waals surface area contributed by atoms with Crippen molar-refractivity contribution >= 4 is 11.6 Å². The Balaban J connectivity index is 1.64. The second-order valence-electron chi connectivity index (χ2n) is 5.04. The van der Waals surface area contributed by atoms with Crippen LogP contribution in [0.15, 0.2) is 18.3 Å². The van der Waals surface area contributed by atoms with Crippen molar-refractivity contribution in [3.63, 3.8) is 0 Å². The summed E-state index contributed by atoms with van der Waals surface area (Å²) >= 11 is 6.18. The molecule has 0 fully saturated rings. The second-order valence-corrected chi connectivity index (χ2v) is 5.45. The Morgan fingerprint density at radius 1 is 1.33 bits per heavy atom. The van der Waals surface area contributed by atoms with Crippen molar-refractivity contribution in [3.05, 3.63) is 40.2 Å². The minimum atomic E-state index is 0.238. The van der Waals surface area contributed by atoms with Crippen LogP contribution in [-0.4, -0.2) is 16.6 Å². The first-order valence-corrected chi connectivity index (χ1v) is 7.35. The third kappa shape index (κ3) is 2.99. The fourth-order valence-corrected chi connectivity index (χ4v) is 2.78. The van der Waals surface area contributed by atoms with E-state index in [0.717, 1.165) is 30.0 Å². The number of hydrogen-bond acceptors (Lipinski definition) is 4. The Kier molecular flexibility index (Phi) is 4.03. The van der Waals surface area contributed by atoms with Crippen molar-refractivity contribution < 1.29 is 9.47 Å². The van der Waals surface area contributed by atoms with Crippen LogP contribution in [0.2, 0.25) is 5.02 Å². The number of benzene rings is 1. The summed E-state index contributed by atoms with van der Waals surface area (Å²) in [5.41, 5.74) is 3.44. The Morgan fingerprint density at radius 2 is 2.19 bits per heavy atom. The highest BCUT2D eigenvalue weighted by Crippen LogP contribution is 2.39. The van der Waals surface area contributed by atoms with E-state index in [9.17, 15) is 0 Å². The third-order valence-corrected chi connectivity index (χ3v) is 3.74. The number of aryl methyl sites for hydroxylation is 2. The van der Waals surface area contributed by atoms with Crippen LogP contribution >= 0.6 is 11.6 Å². The first-order chi connectivity index (χ1) is 10.2. The number of nitrogens with one attached hydrogen (secondary N) is 1. The van der Waals surface area contributed by atoms with E-state index >= 15 is 0 Å². The molecule has 0 spiro atoms. The summed E-state index contributed by atoms with van der Waals surface area (Å²) in [6.45, 7) is 3.85. The number of aromatic nitrogens is 2. The average molecular weight is 308 g/mol. The summed E-state index contributed by atoms with van der Waals surface area (Å²) in [6.07, 6.45) is 2.99. The maximum Gasteiger partial charge on any atom is 0.231 e. The van der Waals surface area contributed by atoms with Crippen molar-refractivity contribution in [2.45, 2.75) is 26.4 Å². The Morgan fingerprint density at radius 3 is 3.00 bits per heavy atom. The third-order valence-electron chi connectivity index (χ3n) is 3.46. The molecule has 21 heavy (non-hydrogen) atoms. The molecule has 1 aromatic carbocycles. The van der Waals surface area contributed by atoms with Gasteiger partial charge in [0.25, 0.3) is 0 Å². The maximum atomic E-state index is 6.18. The normalized spacial score (nSPS) is 12.9. The van der Waals surface area contributed by atoms with E-state index in [-0.39, 0.29) is 6.79 Å². The first kappa shape index (κ1) is 14.2. The van der Waals surface area contributed by atoms with Gasteiger partial charge in [-0.3, -0.25) is 4.68 Å². The van der Waals surface area contributed by atoms with E-state index < -0.39 is 0 Å². The van der Waals surface area contributed by atoms with Gasteiger partial charge in [0, 0.05) is 31.9 Å². The van der Waals surface area contributed by atoms with Crippen molar-refractivity contribution in [1.29, 1.82) is 0 Å². The monoisotopic (exact) mass is 307 g/mol. The number of fused-ring (bicyclic) bond motifs is 1. The lowest BCUT2D eigenvalue weighted by molar-refractivity contribution is 0.174. The molecule has 1 aliphatic heterocycles. The summed E-state index contributed by atoms with van der Waals surface area (Å²) < 4.78 is 12.5. The van der Waals surface area contributed by atoms with Crippen LogP contribution in [0.5, 0.6) is 11.5 Å². The van der Waals surface area contributed by atoms with Crippen LogP contribution in [-0.2, 0) is 26.6 Å². The average Bonchev–Trinajstić information content (AvgIpc) is 3.05. The number of nitrogens with zero attached hydrogens (tertiary/aromatic N) is 2. The molecular weight excluding hydrogens is 290 g/mol. The lowest BCUT2D eigenvalue weighted by Crippen LogP contribution is -2.13. The highest BCUT2D eigenvalue weighted by atomic mass is 35.5. The van der Waals surface area contributed by atoms with Gasteiger partial charge < -0.3 is 14.8 Å². The van der Waals surface area contributed by atoms with Crippen molar-refractivity contribution in [3.8, 4) is 11.5 Å². The van der Waals surface area contributed by atoms with E-state index in [4.69, 9.17) is 21.1 Å². The van der Waals surface area contributed by atoms with E-state index in [1.165, 1.54) is 5.56 Å². The van der Waals surface area contributed by atoms with Gasteiger partial charge in [0.05, 0.1) is 10.7 Å². The zero-order chi connectivity index (χ0) is 14.8. The van der Waals surface area contributed by atoms with Gasteiger partial charge in [0.1, 0.15) is 0 Å². The summed E-state index contributed by atoms with van der Waals surface area (Å²) in [6, 6.07) is 3.87. The van der Waals surface area contributed by atoms with E-state index in [1.54, 1.807) is 0 Å². The fraction of sp³-hybridized carbons (Fsp3) is 0.400. The Hall–Kier alpha value is -1.72. The largest absolute Gasteiger partial charge is 0.454 e. The SMILES string of the molecule is CCc1nn(C)cc1CNCc1cc(Cl)c2c(c1)OCO2. The van der Waals surface area contributed by atoms with Crippen molar-refractivity contribution in [1.82, 2.24) is 15.1 Å². The minimum absolute atomic E-state index is 0.238. The van der Waals surface area contributed by atoms with Gasteiger partial charge in [-0.25, -0.2) is 0 Å². The van der Waals surface area contributed by atoms with Crippen LogP contribution < -0.4 is 14.8 Å².